The van der Waals surface area contributed by atoms with E-state index in [4.69, 9.17) is 0 Å². The van der Waals surface area contributed by atoms with Gasteiger partial charge in [-0.3, -0.25) is 4.79 Å². The van der Waals surface area contributed by atoms with Crippen molar-refractivity contribution in [2.75, 3.05) is 0 Å². The van der Waals surface area contributed by atoms with Crippen molar-refractivity contribution in [3.63, 3.8) is 0 Å². The molecule has 0 aromatic carbocycles. The molecule has 3 heteroatoms. The lowest BCUT2D eigenvalue weighted by atomic mass is 10.2. The highest BCUT2D eigenvalue weighted by molar-refractivity contribution is 5.74. The summed E-state index contributed by atoms with van der Waals surface area (Å²) in [5.74, 6) is 0.0728. The first kappa shape index (κ1) is 12.7. The normalized spacial score (nSPS) is 12.2. The number of nitrogens with one attached hydrogen (secondary N) is 1. The lowest BCUT2D eigenvalue weighted by Crippen LogP contribution is -2.44. The summed E-state index contributed by atoms with van der Waals surface area (Å²) in [7, 11) is 0. The third-order valence-electron chi connectivity index (χ3n) is 2.71. The number of carbonyl (C=O) groups is 1. The van der Waals surface area contributed by atoms with Gasteiger partial charge in [-0.1, -0.05) is 13.8 Å². The number of aryl methyl sites for hydroxylation is 1. The van der Waals surface area contributed by atoms with Crippen molar-refractivity contribution in [1.29, 1.82) is 0 Å². The van der Waals surface area contributed by atoms with Crippen LogP contribution in [0.1, 0.15) is 32.8 Å². The van der Waals surface area contributed by atoms with E-state index < -0.39 is 0 Å². The van der Waals surface area contributed by atoms with E-state index in [9.17, 15) is 4.79 Å². The zero-order valence-electron chi connectivity index (χ0n) is 10.4. The summed E-state index contributed by atoms with van der Waals surface area (Å²) in [6.07, 6.45) is 5.90. The van der Waals surface area contributed by atoms with E-state index in [0.29, 0.717) is 6.54 Å². The predicted molar refractivity (Wildman–Crippen MR) is 63.9 cm³/mol. The van der Waals surface area contributed by atoms with Crippen LogP contribution in [0.2, 0.25) is 0 Å². The number of aromatic nitrogens is 1. The van der Waals surface area contributed by atoms with Gasteiger partial charge in [-0.2, -0.15) is 4.57 Å². The van der Waals surface area contributed by atoms with Crippen LogP contribution in [-0.2, 0) is 17.8 Å². The topological polar surface area (TPSA) is 33.0 Å². The van der Waals surface area contributed by atoms with E-state index in [1.807, 2.05) is 23.9 Å². The minimum atomic E-state index is 0.0728. The van der Waals surface area contributed by atoms with E-state index in [1.165, 1.54) is 5.56 Å². The van der Waals surface area contributed by atoms with Gasteiger partial charge >= 0.3 is 0 Å². The first-order chi connectivity index (χ1) is 7.65. The third kappa shape index (κ3) is 4.01. The van der Waals surface area contributed by atoms with E-state index in [2.05, 4.69) is 31.3 Å². The lowest BCUT2D eigenvalue weighted by molar-refractivity contribution is -0.684. The fourth-order valence-corrected chi connectivity index (χ4v) is 1.42. The van der Waals surface area contributed by atoms with Gasteiger partial charge in [0.2, 0.25) is 6.54 Å². The molecule has 3 nitrogen and oxygen atoms in total. The van der Waals surface area contributed by atoms with Gasteiger partial charge in [0.15, 0.2) is 12.4 Å². The molecule has 1 heterocycles. The molecule has 0 radical (unpaired) electrons. The molecule has 1 N–H and O–H groups in total. The average Bonchev–Trinajstić information content (AvgIpc) is 2.29. The second-order valence-corrected chi connectivity index (χ2v) is 4.11. The standard InChI is InChI=1S/C13H20N2O/c1-4-11(3)14-13(16)10-15-8-6-12(5-2)7-9-15/h6-9,11H,4-5,10H2,1-3H3/p+1/t11-/m1/s1. The van der Waals surface area contributed by atoms with Crippen LogP contribution in [0.25, 0.3) is 0 Å². The van der Waals surface area contributed by atoms with E-state index in [1.54, 1.807) is 0 Å². The van der Waals surface area contributed by atoms with E-state index >= 15 is 0 Å². The number of nitrogens with zero attached hydrogens (tertiary/aromatic N) is 1. The molecule has 1 atom stereocenters. The van der Waals surface area contributed by atoms with Crippen LogP contribution in [0, 0.1) is 0 Å². The van der Waals surface area contributed by atoms with Crippen molar-refractivity contribution in [1.82, 2.24) is 5.32 Å². The minimum Gasteiger partial charge on any atom is -0.348 e. The Labute approximate surface area is 97.5 Å². The van der Waals surface area contributed by atoms with Crippen molar-refractivity contribution in [3.05, 3.63) is 30.1 Å². The molecule has 1 aromatic heterocycles. The Morgan fingerprint density at radius 1 is 1.38 bits per heavy atom. The SMILES string of the molecule is CCc1cc[n+](CC(=O)N[C@H](C)CC)cc1. The van der Waals surface area contributed by atoms with Crippen LogP contribution in [0.15, 0.2) is 24.5 Å². The van der Waals surface area contributed by atoms with Gasteiger partial charge in [-0.25, -0.2) is 0 Å². The molecule has 0 spiro atoms. The molecular weight excluding hydrogens is 200 g/mol. The summed E-state index contributed by atoms with van der Waals surface area (Å²) < 4.78 is 1.90. The maximum absolute atomic E-state index is 11.6. The van der Waals surface area contributed by atoms with Crippen LogP contribution in [0.5, 0.6) is 0 Å². The summed E-state index contributed by atoms with van der Waals surface area (Å²) in [4.78, 5) is 11.6. The summed E-state index contributed by atoms with van der Waals surface area (Å²) in [6.45, 7) is 6.60. The second kappa shape index (κ2) is 6.26. The molecule has 0 aliphatic carbocycles. The summed E-state index contributed by atoms with van der Waals surface area (Å²) >= 11 is 0. The molecule has 1 rings (SSSR count). The quantitative estimate of drug-likeness (QED) is 0.750. The van der Waals surface area contributed by atoms with Gasteiger partial charge in [0.05, 0.1) is 0 Å². The Morgan fingerprint density at radius 2 is 2.00 bits per heavy atom. The number of amides is 1. The van der Waals surface area contributed by atoms with Gasteiger partial charge in [0, 0.05) is 18.2 Å². The van der Waals surface area contributed by atoms with Crippen molar-refractivity contribution in [3.8, 4) is 0 Å². The van der Waals surface area contributed by atoms with Crippen LogP contribution < -0.4 is 9.88 Å². The third-order valence-corrected chi connectivity index (χ3v) is 2.71. The zero-order chi connectivity index (χ0) is 12.0. The largest absolute Gasteiger partial charge is 0.348 e. The average molecular weight is 221 g/mol. The number of hydrogen-bond acceptors (Lipinski definition) is 1. The first-order valence-corrected chi connectivity index (χ1v) is 5.93. The van der Waals surface area contributed by atoms with Crippen molar-refractivity contribution in [2.45, 2.75) is 46.2 Å². The van der Waals surface area contributed by atoms with Crippen molar-refractivity contribution >= 4 is 5.91 Å². The fraction of sp³-hybridized carbons (Fsp3) is 0.538. The number of hydrogen-bond donors (Lipinski definition) is 1. The second-order valence-electron chi connectivity index (χ2n) is 4.11. The molecule has 0 aliphatic heterocycles. The highest BCUT2D eigenvalue weighted by Gasteiger charge is 2.10. The monoisotopic (exact) mass is 221 g/mol. The minimum absolute atomic E-state index is 0.0728. The molecule has 0 aliphatic rings. The first-order valence-electron chi connectivity index (χ1n) is 5.93. The zero-order valence-corrected chi connectivity index (χ0v) is 10.4. The number of pyridine rings is 1. The Morgan fingerprint density at radius 3 is 2.50 bits per heavy atom. The van der Waals surface area contributed by atoms with Gasteiger partial charge in [0.25, 0.3) is 5.91 Å². The molecule has 0 saturated heterocycles. The van der Waals surface area contributed by atoms with E-state index in [0.717, 1.165) is 12.8 Å². The van der Waals surface area contributed by atoms with Gasteiger partial charge in [-0.05, 0) is 25.3 Å². The van der Waals surface area contributed by atoms with Crippen molar-refractivity contribution in [2.24, 2.45) is 0 Å². The number of carbonyl (C=O) groups excluding carboxylic acids is 1. The fourth-order valence-electron chi connectivity index (χ4n) is 1.42. The molecule has 1 amide bonds. The Balaban J connectivity index is 2.49. The highest BCUT2D eigenvalue weighted by atomic mass is 16.2. The maximum Gasteiger partial charge on any atom is 0.286 e. The van der Waals surface area contributed by atoms with Crippen molar-refractivity contribution < 1.29 is 9.36 Å². The molecule has 0 fully saturated rings. The molecule has 0 saturated carbocycles. The van der Waals surface area contributed by atoms with Gasteiger partial charge < -0.3 is 5.32 Å². The summed E-state index contributed by atoms with van der Waals surface area (Å²) in [6, 6.07) is 4.36. The molecule has 88 valence electrons. The highest BCUT2D eigenvalue weighted by Crippen LogP contribution is 1.94. The molecule has 0 unspecified atom stereocenters. The van der Waals surface area contributed by atoms with E-state index in [-0.39, 0.29) is 11.9 Å². The molecular formula is C13H21N2O+. The molecule has 16 heavy (non-hydrogen) atoms. The summed E-state index contributed by atoms with van der Waals surface area (Å²) in [5.41, 5.74) is 1.29. The molecule has 1 aromatic rings. The van der Waals surface area contributed by atoms with Gasteiger partial charge in [-0.15, -0.1) is 0 Å². The van der Waals surface area contributed by atoms with Crippen LogP contribution in [0.4, 0.5) is 0 Å². The van der Waals surface area contributed by atoms with Crippen LogP contribution >= 0.6 is 0 Å². The maximum atomic E-state index is 11.6. The Hall–Kier alpha value is -1.38. The Kier molecular flexibility index (Phi) is 4.96. The molecule has 0 bridgehead atoms. The summed E-state index contributed by atoms with van der Waals surface area (Å²) in [5, 5.41) is 2.95. The van der Waals surface area contributed by atoms with Crippen LogP contribution in [0.3, 0.4) is 0 Å². The lowest BCUT2D eigenvalue weighted by Gasteiger charge is -2.09. The van der Waals surface area contributed by atoms with Crippen LogP contribution in [-0.4, -0.2) is 11.9 Å². The number of rotatable bonds is 5. The Bertz CT molecular complexity index is 332. The smallest absolute Gasteiger partial charge is 0.286 e. The predicted octanol–water partition coefficient (Wildman–Crippen LogP) is 1.45. The van der Waals surface area contributed by atoms with Gasteiger partial charge in [0.1, 0.15) is 0 Å².